The molecular weight excluding hydrogens is 230 g/mol. The molecule has 1 aromatic carbocycles. The quantitative estimate of drug-likeness (QED) is 0.830. The van der Waals surface area contributed by atoms with Crippen LogP contribution >= 0.6 is 0 Å². The van der Waals surface area contributed by atoms with E-state index in [9.17, 15) is 0 Å². The third-order valence-corrected chi connectivity index (χ3v) is 2.68. The van der Waals surface area contributed by atoms with Crippen molar-refractivity contribution in [3.05, 3.63) is 36.7 Å². The van der Waals surface area contributed by atoms with Gasteiger partial charge >= 0.3 is 0 Å². The van der Waals surface area contributed by atoms with Crippen LogP contribution in [0.5, 0.6) is 17.2 Å². The van der Waals surface area contributed by atoms with Crippen LogP contribution in [0.1, 0.15) is 0 Å². The second-order valence-corrected chi connectivity index (χ2v) is 3.65. The molecule has 1 heterocycles. The number of nitrogens with zero attached hydrogens (tertiary/aromatic N) is 1. The van der Waals surface area contributed by atoms with Crippen molar-refractivity contribution < 1.29 is 14.2 Å². The van der Waals surface area contributed by atoms with Crippen LogP contribution in [-0.2, 0) is 0 Å². The van der Waals surface area contributed by atoms with Crippen molar-refractivity contribution in [2.24, 2.45) is 0 Å². The lowest BCUT2D eigenvalue weighted by Gasteiger charge is -2.13. The molecule has 0 saturated heterocycles. The first kappa shape index (κ1) is 12.2. The van der Waals surface area contributed by atoms with Crippen LogP contribution < -0.4 is 14.2 Å². The fourth-order valence-corrected chi connectivity index (χ4v) is 1.78. The second-order valence-electron chi connectivity index (χ2n) is 3.65. The van der Waals surface area contributed by atoms with Crippen molar-refractivity contribution in [3.8, 4) is 28.4 Å². The molecule has 0 amide bonds. The van der Waals surface area contributed by atoms with Crippen LogP contribution in [-0.4, -0.2) is 26.3 Å². The number of ether oxygens (including phenoxy) is 3. The van der Waals surface area contributed by atoms with Gasteiger partial charge in [-0.05, 0) is 12.1 Å². The molecular formula is C14H15NO3. The topological polar surface area (TPSA) is 40.6 Å². The summed E-state index contributed by atoms with van der Waals surface area (Å²) in [6, 6.07) is 7.54. The Morgan fingerprint density at radius 1 is 0.889 bits per heavy atom. The highest BCUT2D eigenvalue weighted by Crippen LogP contribution is 2.39. The van der Waals surface area contributed by atoms with E-state index < -0.39 is 0 Å². The van der Waals surface area contributed by atoms with Gasteiger partial charge in [0.25, 0.3) is 0 Å². The van der Waals surface area contributed by atoms with E-state index in [2.05, 4.69) is 4.98 Å². The van der Waals surface area contributed by atoms with Crippen molar-refractivity contribution in [2.45, 2.75) is 0 Å². The summed E-state index contributed by atoms with van der Waals surface area (Å²) in [4.78, 5) is 4.11. The average Bonchev–Trinajstić information content (AvgIpc) is 2.46. The standard InChI is InChI=1S/C14H15NO3/c1-16-12-8-14(18-3)13(17-2)7-11(12)10-5-4-6-15-9-10/h4-9H,1-3H3. The molecule has 94 valence electrons. The van der Waals surface area contributed by atoms with E-state index in [4.69, 9.17) is 14.2 Å². The van der Waals surface area contributed by atoms with Crippen LogP contribution in [0, 0.1) is 0 Å². The Hall–Kier alpha value is -2.23. The van der Waals surface area contributed by atoms with Gasteiger partial charge in [0, 0.05) is 29.6 Å². The molecule has 0 fully saturated rings. The number of aromatic nitrogens is 1. The van der Waals surface area contributed by atoms with E-state index >= 15 is 0 Å². The summed E-state index contributed by atoms with van der Waals surface area (Å²) in [6.45, 7) is 0. The number of benzene rings is 1. The van der Waals surface area contributed by atoms with Crippen molar-refractivity contribution in [2.75, 3.05) is 21.3 Å². The third kappa shape index (κ3) is 2.22. The molecule has 0 aliphatic rings. The van der Waals surface area contributed by atoms with Crippen molar-refractivity contribution in [3.63, 3.8) is 0 Å². The van der Waals surface area contributed by atoms with E-state index in [0.29, 0.717) is 11.5 Å². The number of rotatable bonds is 4. The molecule has 2 rings (SSSR count). The zero-order valence-corrected chi connectivity index (χ0v) is 10.6. The summed E-state index contributed by atoms with van der Waals surface area (Å²) in [6.07, 6.45) is 3.51. The molecule has 2 aromatic rings. The largest absolute Gasteiger partial charge is 0.496 e. The van der Waals surface area contributed by atoms with Crippen LogP contribution in [0.3, 0.4) is 0 Å². The summed E-state index contributed by atoms with van der Waals surface area (Å²) >= 11 is 0. The number of pyridine rings is 1. The number of hydrogen-bond donors (Lipinski definition) is 0. The van der Waals surface area contributed by atoms with Gasteiger partial charge in [-0.2, -0.15) is 0 Å². The molecule has 0 spiro atoms. The van der Waals surface area contributed by atoms with Crippen LogP contribution in [0.25, 0.3) is 11.1 Å². The van der Waals surface area contributed by atoms with Gasteiger partial charge in [-0.3, -0.25) is 4.98 Å². The Morgan fingerprint density at radius 3 is 2.11 bits per heavy atom. The summed E-state index contributed by atoms with van der Waals surface area (Å²) in [5.41, 5.74) is 1.89. The molecule has 0 radical (unpaired) electrons. The minimum atomic E-state index is 0.641. The lowest BCUT2D eigenvalue weighted by atomic mass is 10.1. The van der Waals surface area contributed by atoms with E-state index in [0.717, 1.165) is 16.9 Å². The Kier molecular flexibility index (Phi) is 3.67. The Labute approximate surface area is 106 Å². The van der Waals surface area contributed by atoms with Gasteiger partial charge in [0.2, 0.25) is 0 Å². The van der Waals surface area contributed by atoms with Crippen LogP contribution in [0.4, 0.5) is 0 Å². The average molecular weight is 245 g/mol. The van der Waals surface area contributed by atoms with Gasteiger partial charge in [0.15, 0.2) is 11.5 Å². The fourth-order valence-electron chi connectivity index (χ4n) is 1.78. The highest BCUT2D eigenvalue weighted by Gasteiger charge is 2.13. The van der Waals surface area contributed by atoms with Crippen molar-refractivity contribution in [1.82, 2.24) is 4.98 Å². The predicted octanol–water partition coefficient (Wildman–Crippen LogP) is 2.77. The smallest absolute Gasteiger partial charge is 0.164 e. The SMILES string of the molecule is COc1cc(OC)c(-c2cccnc2)cc1OC. The molecule has 0 aliphatic carbocycles. The Morgan fingerprint density at radius 2 is 1.56 bits per heavy atom. The summed E-state index contributed by atoms with van der Waals surface area (Å²) in [5.74, 6) is 2.03. The second kappa shape index (κ2) is 5.40. The molecule has 0 atom stereocenters. The first-order valence-corrected chi connectivity index (χ1v) is 5.50. The number of methoxy groups -OCH3 is 3. The molecule has 0 aliphatic heterocycles. The molecule has 0 N–H and O–H groups in total. The highest BCUT2D eigenvalue weighted by atomic mass is 16.5. The lowest BCUT2D eigenvalue weighted by Crippen LogP contribution is -1.95. The van der Waals surface area contributed by atoms with Gasteiger partial charge in [-0.25, -0.2) is 0 Å². The minimum absolute atomic E-state index is 0.641. The van der Waals surface area contributed by atoms with E-state index in [1.54, 1.807) is 39.8 Å². The monoisotopic (exact) mass is 245 g/mol. The Balaban J connectivity index is 2.59. The predicted molar refractivity (Wildman–Crippen MR) is 69.3 cm³/mol. The molecule has 4 nitrogen and oxygen atoms in total. The van der Waals surface area contributed by atoms with Gasteiger partial charge in [0.1, 0.15) is 5.75 Å². The molecule has 4 heteroatoms. The maximum atomic E-state index is 5.38. The van der Waals surface area contributed by atoms with Gasteiger partial charge in [-0.15, -0.1) is 0 Å². The van der Waals surface area contributed by atoms with Crippen molar-refractivity contribution in [1.29, 1.82) is 0 Å². The van der Waals surface area contributed by atoms with Crippen LogP contribution in [0.2, 0.25) is 0 Å². The van der Waals surface area contributed by atoms with E-state index in [1.165, 1.54) is 0 Å². The molecule has 0 bridgehead atoms. The normalized spacial score (nSPS) is 9.94. The first-order chi connectivity index (χ1) is 8.80. The van der Waals surface area contributed by atoms with Crippen LogP contribution in [0.15, 0.2) is 36.7 Å². The lowest BCUT2D eigenvalue weighted by molar-refractivity contribution is 0.349. The fraction of sp³-hybridized carbons (Fsp3) is 0.214. The zero-order chi connectivity index (χ0) is 13.0. The summed E-state index contributed by atoms with van der Waals surface area (Å²) in [5, 5.41) is 0. The molecule has 1 aromatic heterocycles. The zero-order valence-electron chi connectivity index (χ0n) is 10.6. The first-order valence-electron chi connectivity index (χ1n) is 5.50. The Bertz CT molecular complexity index is 526. The molecule has 18 heavy (non-hydrogen) atoms. The van der Waals surface area contributed by atoms with Gasteiger partial charge in [0.05, 0.1) is 21.3 Å². The maximum Gasteiger partial charge on any atom is 0.164 e. The molecule has 0 unspecified atom stereocenters. The van der Waals surface area contributed by atoms with E-state index in [-0.39, 0.29) is 0 Å². The minimum Gasteiger partial charge on any atom is -0.496 e. The molecule has 0 saturated carbocycles. The summed E-state index contributed by atoms with van der Waals surface area (Å²) in [7, 11) is 4.83. The summed E-state index contributed by atoms with van der Waals surface area (Å²) < 4.78 is 15.9. The van der Waals surface area contributed by atoms with Crippen molar-refractivity contribution >= 4 is 0 Å². The highest BCUT2D eigenvalue weighted by molar-refractivity contribution is 5.73. The van der Waals surface area contributed by atoms with E-state index in [1.807, 2.05) is 18.2 Å². The maximum absolute atomic E-state index is 5.38. The van der Waals surface area contributed by atoms with Gasteiger partial charge < -0.3 is 14.2 Å². The number of hydrogen-bond acceptors (Lipinski definition) is 4. The third-order valence-electron chi connectivity index (χ3n) is 2.68. The van der Waals surface area contributed by atoms with Gasteiger partial charge in [-0.1, -0.05) is 6.07 Å².